The van der Waals surface area contributed by atoms with Gasteiger partial charge in [0.1, 0.15) is 5.76 Å². The molecule has 0 aromatic carbocycles. The molecule has 0 bridgehead atoms. The molecule has 4 rings (SSSR count). The molecule has 0 radical (unpaired) electrons. The molecule has 0 unspecified atom stereocenters. The maximum Gasteiger partial charge on any atom is 0.409 e. The summed E-state index contributed by atoms with van der Waals surface area (Å²) in [7, 11) is 0. The van der Waals surface area contributed by atoms with Crippen molar-refractivity contribution in [2.24, 2.45) is 5.41 Å². The second-order valence-electron chi connectivity index (χ2n) is 9.19. The smallest absolute Gasteiger partial charge is 0.409 e. The van der Waals surface area contributed by atoms with E-state index >= 15 is 0 Å². The Balaban J connectivity index is 1.26. The second-order valence-corrected chi connectivity index (χ2v) is 9.19. The fourth-order valence-electron chi connectivity index (χ4n) is 5.52. The number of piperidine rings is 1. The van der Waals surface area contributed by atoms with E-state index < -0.39 is 12.7 Å². The summed E-state index contributed by atoms with van der Waals surface area (Å²) in [6.45, 7) is 4.51. The van der Waals surface area contributed by atoms with Crippen LogP contribution < -0.4 is 0 Å². The summed E-state index contributed by atoms with van der Waals surface area (Å²) in [5, 5.41) is 0. The van der Waals surface area contributed by atoms with Crippen LogP contribution in [0.15, 0.2) is 17.0 Å². The molecule has 0 N–H and O–H groups in total. The van der Waals surface area contributed by atoms with E-state index in [0.29, 0.717) is 31.3 Å². The molecule has 31 heavy (non-hydrogen) atoms. The number of nitrogens with zero attached hydrogens (tertiary/aromatic N) is 4. The Morgan fingerprint density at radius 1 is 1.32 bits per heavy atom. The van der Waals surface area contributed by atoms with Gasteiger partial charge in [0.25, 0.3) is 0 Å². The Bertz CT molecular complexity index is 729. The number of carbonyl (C=O) groups is 1. The van der Waals surface area contributed by atoms with Crippen LogP contribution in [0, 0.1) is 5.41 Å². The molecule has 1 spiro atoms. The molecule has 1 amide bonds. The van der Waals surface area contributed by atoms with Gasteiger partial charge in [-0.1, -0.05) is 0 Å². The molecule has 7 nitrogen and oxygen atoms in total. The minimum absolute atomic E-state index is 0.122. The van der Waals surface area contributed by atoms with Gasteiger partial charge in [-0.05, 0) is 57.5 Å². The summed E-state index contributed by atoms with van der Waals surface area (Å²) in [5.74, 6) is 0.458. The Morgan fingerprint density at radius 2 is 2.06 bits per heavy atom. The zero-order chi connectivity index (χ0) is 22.1. The molecule has 0 atom stereocenters. The van der Waals surface area contributed by atoms with Crippen LogP contribution in [0.25, 0.3) is 0 Å². The van der Waals surface area contributed by atoms with E-state index in [0.717, 1.165) is 45.4 Å². The van der Waals surface area contributed by atoms with Crippen LogP contribution in [-0.2, 0) is 11.3 Å². The number of carbonyl (C=O) groups excluding carboxylic acids is 1. The molecule has 1 aromatic rings. The molecule has 1 aromatic heterocycles. The maximum atomic E-state index is 13.1. The largest absolute Gasteiger partial charge is 0.450 e. The van der Waals surface area contributed by atoms with E-state index in [1.54, 1.807) is 0 Å². The number of hydrogen-bond donors (Lipinski definition) is 0. The van der Waals surface area contributed by atoms with E-state index in [2.05, 4.69) is 9.88 Å². The first-order valence-corrected chi connectivity index (χ1v) is 11.1. The SMILES string of the molecule is CCOC(=O)N1CCC2(CC(N3CCC(N(Cc4cnco4)CC(F)(F)F)CC3)C2)C1. The number of halogens is 3. The van der Waals surface area contributed by atoms with E-state index in [9.17, 15) is 18.0 Å². The summed E-state index contributed by atoms with van der Waals surface area (Å²) in [6.07, 6.45) is 2.80. The number of likely N-dealkylation sites (tertiary alicyclic amines) is 2. The van der Waals surface area contributed by atoms with Crippen molar-refractivity contribution in [3.05, 3.63) is 18.4 Å². The number of ether oxygens (including phenoxy) is 1. The van der Waals surface area contributed by atoms with Gasteiger partial charge in [-0.25, -0.2) is 9.78 Å². The van der Waals surface area contributed by atoms with Gasteiger partial charge in [-0.3, -0.25) is 4.90 Å². The third kappa shape index (κ3) is 5.34. The summed E-state index contributed by atoms with van der Waals surface area (Å²) in [5.41, 5.74) is 0.197. The number of amides is 1. The Kier molecular flexibility index (Phi) is 6.48. The van der Waals surface area contributed by atoms with E-state index in [-0.39, 0.29) is 24.1 Å². The average Bonchev–Trinajstić information content (AvgIpc) is 3.36. The first kappa shape index (κ1) is 22.4. The van der Waals surface area contributed by atoms with Crippen molar-refractivity contribution in [3.8, 4) is 0 Å². The second kappa shape index (κ2) is 8.97. The summed E-state index contributed by atoms with van der Waals surface area (Å²) < 4.78 is 49.7. The zero-order valence-electron chi connectivity index (χ0n) is 17.9. The Labute approximate surface area is 180 Å². The molecular formula is C21H31F3N4O3. The number of rotatable bonds is 6. The van der Waals surface area contributed by atoms with Crippen molar-refractivity contribution in [1.29, 1.82) is 0 Å². The highest BCUT2D eigenvalue weighted by atomic mass is 19.4. The van der Waals surface area contributed by atoms with Crippen LogP contribution in [0.5, 0.6) is 0 Å². The first-order chi connectivity index (χ1) is 14.8. The molecular weight excluding hydrogens is 413 g/mol. The molecule has 1 saturated carbocycles. The minimum Gasteiger partial charge on any atom is -0.450 e. The summed E-state index contributed by atoms with van der Waals surface area (Å²) in [6, 6.07) is 0.344. The fraction of sp³-hybridized carbons (Fsp3) is 0.810. The topological polar surface area (TPSA) is 62.1 Å². The summed E-state index contributed by atoms with van der Waals surface area (Å²) in [4.78, 5) is 21.5. The lowest BCUT2D eigenvalue weighted by atomic mass is 9.64. The zero-order valence-corrected chi connectivity index (χ0v) is 17.9. The van der Waals surface area contributed by atoms with Gasteiger partial charge in [0.05, 0.1) is 25.9 Å². The maximum absolute atomic E-state index is 13.1. The Morgan fingerprint density at radius 3 is 2.68 bits per heavy atom. The molecule has 10 heteroatoms. The third-order valence-corrected chi connectivity index (χ3v) is 7.06. The van der Waals surface area contributed by atoms with Crippen molar-refractivity contribution in [2.45, 2.75) is 63.8 Å². The highest BCUT2D eigenvalue weighted by Crippen LogP contribution is 2.50. The molecule has 174 valence electrons. The quantitative estimate of drug-likeness (QED) is 0.669. The standard InChI is InChI=1S/C21H31F3N4O3/c1-2-30-19(29)27-8-5-20(13-27)9-17(10-20)26-6-3-16(4-7-26)28(14-21(22,23)24)12-18-11-25-15-31-18/h11,15-17H,2-10,12-14H2,1H3. The molecule has 2 saturated heterocycles. The van der Waals surface area contributed by atoms with Crippen molar-refractivity contribution in [2.75, 3.05) is 39.3 Å². The highest BCUT2D eigenvalue weighted by molar-refractivity contribution is 5.68. The molecule has 3 fully saturated rings. The number of hydrogen-bond acceptors (Lipinski definition) is 6. The van der Waals surface area contributed by atoms with Gasteiger partial charge in [-0.2, -0.15) is 13.2 Å². The van der Waals surface area contributed by atoms with Crippen molar-refractivity contribution >= 4 is 6.09 Å². The first-order valence-electron chi connectivity index (χ1n) is 11.1. The Hall–Kier alpha value is -1.81. The number of alkyl halides is 3. The van der Waals surface area contributed by atoms with Gasteiger partial charge in [0.2, 0.25) is 0 Å². The van der Waals surface area contributed by atoms with E-state index in [4.69, 9.17) is 9.15 Å². The lowest BCUT2D eigenvalue weighted by molar-refractivity contribution is -0.155. The van der Waals surface area contributed by atoms with Gasteiger partial charge < -0.3 is 19.0 Å². The number of oxazole rings is 1. The molecule has 1 aliphatic carbocycles. The minimum atomic E-state index is -4.25. The van der Waals surface area contributed by atoms with Crippen molar-refractivity contribution < 1.29 is 27.1 Å². The molecule has 3 aliphatic rings. The van der Waals surface area contributed by atoms with E-state index in [1.165, 1.54) is 17.5 Å². The predicted octanol–water partition coefficient (Wildman–Crippen LogP) is 3.51. The van der Waals surface area contributed by atoms with E-state index in [1.807, 2.05) is 11.8 Å². The average molecular weight is 444 g/mol. The predicted molar refractivity (Wildman–Crippen MR) is 106 cm³/mol. The monoisotopic (exact) mass is 444 g/mol. The molecule has 3 heterocycles. The number of aromatic nitrogens is 1. The molecule has 2 aliphatic heterocycles. The van der Waals surface area contributed by atoms with Gasteiger partial charge in [-0.15, -0.1) is 0 Å². The van der Waals surface area contributed by atoms with Crippen LogP contribution >= 0.6 is 0 Å². The summed E-state index contributed by atoms with van der Waals surface area (Å²) >= 11 is 0. The fourth-order valence-corrected chi connectivity index (χ4v) is 5.52. The van der Waals surface area contributed by atoms with Crippen LogP contribution in [0.3, 0.4) is 0 Å². The van der Waals surface area contributed by atoms with Crippen LogP contribution in [0.4, 0.5) is 18.0 Å². The highest BCUT2D eigenvalue weighted by Gasteiger charge is 2.51. The van der Waals surface area contributed by atoms with Crippen LogP contribution in [0.2, 0.25) is 0 Å². The van der Waals surface area contributed by atoms with Crippen molar-refractivity contribution in [1.82, 2.24) is 19.7 Å². The normalized spacial score (nSPS) is 27.8. The van der Waals surface area contributed by atoms with Gasteiger partial charge in [0.15, 0.2) is 6.39 Å². The lowest BCUT2D eigenvalue weighted by Gasteiger charge is -2.52. The van der Waals surface area contributed by atoms with Gasteiger partial charge >= 0.3 is 12.3 Å². The van der Waals surface area contributed by atoms with Crippen molar-refractivity contribution in [3.63, 3.8) is 0 Å². The lowest BCUT2D eigenvalue weighted by Crippen LogP contribution is -2.56. The van der Waals surface area contributed by atoms with Crippen LogP contribution in [0.1, 0.15) is 44.8 Å². The van der Waals surface area contributed by atoms with Crippen LogP contribution in [-0.4, -0.2) is 83.4 Å². The third-order valence-electron chi connectivity index (χ3n) is 7.06. The van der Waals surface area contributed by atoms with Gasteiger partial charge in [0, 0.05) is 25.2 Å².